The molecule has 3 rings (SSSR count). The SMILES string of the molecule is CC(O)CN1CCCN(C2CCCc3ccccc32)CC1. The average molecular weight is 288 g/mol. The lowest BCUT2D eigenvalue weighted by Crippen LogP contribution is -2.37. The summed E-state index contributed by atoms with van der Waals surface area (Å²) in [5.74, 6) is 0. The van der Waals surface area contributed by atoms with Crippen LogP contribution in [0.3, 0.4) is 0 Å². The number of fused-ring (bicyclic) bond motifs is 1. The van der Waals surface area contributed by atoms with Crippen molar-refractivity contribution < 1.29 is 5.11 Å². The van der Waals surface area contributed by atoms with Crippen LogP contribution in [0.15, 0.2) is 24.3 Å². The van der Waals surface area contributed by atoms with E-state index in [1.54, 1.807) is 11.1 Å². The summed E-state index contributed by atoms with van der Waals surface area (Å²) in [6, 6.07) is 9.61. The third-order valence-corrected chi connectivity index (χ3v) is 4.92. The highest BCUT2D eigenvalue weighted by molar-refractivity contribution is 5.32. The maximum absolute atomic E-state index is 9.59. The number of aliphatic hydroxyl groups is 1. The number of aryl methyl sites for hydroxylation is 1. The third kappa shape index (κ3) is 3.65. The molecule has 0 saturated carbocycles. The van der Waals surface area contributed by atoms with Crippen molar-refractivity contribution in [2.75, 3.05) is 32.7 Å². The highest BCUT2D eigenvalue weighted by Crippen LogP contribution is 2.34. The molecule has 116 valence electrons. The van der Waals surface area contributed by atoms with E-state index < -0.39 is 0 Å². The predicted molar refractivity (Wildman–Crippen MR) is 86.4 cm³/mol. The maximum atomic E-state index is 9.59. The van der Waals surface area contributed by atoms with Crippen molar-refractivity contribution >= 4 is 0 Å². The van der Waals surface area contributed by atoms with Gasteiger partial charge in [0.2, 0.25) is 0 Å². The molecule has 3 heteroatoms. The van der Waals surface area contributed by atoms with E-state index in [0.717, 1.165) is 26.2 Å². The van der Waals surface area contributed by atoms with Crippen LogP contribution in [0.5, 0.6) is 0 Å². The van der Waals surface area contributed by atoms with Gasteiger partial charge in [0, 0.05) is 32.2 Å². The van der Waals surface area contributed by atoms with E-state index in [4.69, 9.17) is 0 Å². The summed E-state index contributed by atoms with van der Waals surface area (Å²) < 4.78 is 0. The zero-order valence-electron chi connectivity index (χ0n) is 13.2. The molecule has 0 aromatic heterocycles. The standard InChI is InChI=1S/C18H28N2O/c1-15(21)14-19-10-5-11-20(13-12-19)18-9-4-7-16-6-2-3-8-17(16)18/h2-3,6,8,15,18,21H,4-5,7,9-14H2,1H3. The normalized spacial score (nSPS) is 26.1. The molecule has 1 saturated heterocycles. The molecule has 2 aliphatic rings. The lowest BCUT2D eigenvalue weighted by atomic mass is 9.87. The maximum Gasteiger partial charge on any atom is 0.0639 e. The molecule has 1 aliphatic heterocycles. The number of hydrogen-bond donors (Lipinski definition) is 1. The van der Waals surface area contributed by atoms with E-state index >= 15 is 0 Å². The minimum absolute atomic E-state index is 0.216. The minimum atomic E-state index is -0.216. The molecule has 1 aliphatic carbocycles. The Labute approximate surface area is 128 Å². The van der Waals surface area contributed by atoms with Crippen LogP contribution >= 0.6 is 0 Å². The fourth-order valence-corrected chi connectivity index (χ4v) is 3.97. The summed E-state index contributed by atoms with van der Waals surface area (Å²) in [5, 5.41) is 9.59. The monoisotopic (exact) mass is 288 g/mol. The van der Waals surface area contributed by atoms with Crippen molar-refractivity contribution in [2.45, 2.75) is 44.8 Å². The molecule has 0 radical (unpaired) electrons. The quantitative estimate of drug-likeness (QED) is 0.925. The summed E-state index contributed by atoms with van der Waals surface area (Å²) in [6.07, 6.45) is 4.86. The van der Waals surface area contributed by atoms with Crippen LogP contribution in [0.2, 0.25) is 0 Å². The lowest BCUT2D eigenvalue weighted by molar-refractivity contribution is 0.124. The first-order chi connectivity index (χ1) is 10.2. The lowest BCUT2D eigenvalue weighted by Gasteiger charge is -2.35. The number of aliphatic hydroxyl groups excluding tert-OH is 1. The number of β-amino-alcohol motifs (C(OH)–C–C–N with tert-alkyl or cyclic N) is 1. The third-order valence-electron chi connectivity index (χ3n) is 4.92. The van der Waals surface area contributed by atoms with E-state index in [2.05, 4.69) is 34.1 Å². The van der Waals surface area contributed by atoms with E-state index in [1.165, 1.54) is 32.2 Å². The number of rotatable bonds is 3. The summed E-state index contributed by atoms with van der Waals surface area (Å²) in [5.41, 5.74) is 3.12. The van der Waals surface area contributed by atoms with Crippen molar-refractivity contribution in [1.29, 1.82) is 0 Å². The van der Waals surface area contributed by atoms with E-state index in [1.807, 2.05) is 6.92 Å². The fourth-order valence-electron chi connectivity index (χ4n) is 3.97. The Morgan fingerprint density at radius 1 is 1.14 bits per heavy atom. The van der Waals surface area contributed by atoms with Crippen LogP contribution in [-0.2, 0) is 6.42 Å². The van der Waals surface area contributed by atoms with Gasteiger partial charge in [0.15, 0.2) is 0 Å². The van der Waals surface area contributed by atoms with E-state index in [9.17, 15) is 5.11 Å². The molecule has 0 bridgehead atoms. The van der Waals surface area contributed by atoms with Crippen LogP contribution in [-0.4, -0.2) is 53.7 Å². The molecule has 1 heterocycles. The molecule has 0 amide bonds. The first-order valence-electron chi connectivity index (χ1n) is 8.46. The average Bonchev–Trinajstić information content (AvgIpc) is 2.71. The predicted octanol–water partition coefficient (Wildman–Crippen LogP) is 2.45. The van der Waals surface area contributed by atoms with Crippen LogP contribution in [0.25, 0.3) is 0 Å². The molecule has 1 N–H and O–H groups in total. The highest BCUT2D eigenvalue weighted by Gasteiger charge is 2.27. The smallest absolute Gasteiger partial charge is 0.0639 e. The Morgan fingerprint density at radius 2 is 2.00 bits per heavy atom. The van der Waals surface area contributed by atoms with Gasteiger partial charge < -0.3 is 5.11 Å². The summed E-state index contributed by atoms with van der Waals surface area (Å²) in [6.45, 7) is 7.23. The van der Waals surface area contributed by atoms with Crippen LogP contribution in [0, 0.1) is 0 Å². The summed E-state index contributed by atoms with van der Waals surface area (Å²) >= 11 is 0. The second-order valence-electron chi connectivity index (χ2n) is 6.65. The van der Waals surface area contributed by atoms with Gasteiger partial charge in [-0.1, -0.05) is 24.3 Å². The topological polar surface area (TPSA) is 26.7 Å². The Hall–Kier alpha value is -0.900. The molecule has 1 aromatic carbocycles. The zero-order chi connectivity index (χ0) is 14.7. The molecule has 2 atom stereocenters. The van der Waals surface area contributed by atoms with Crippen LogP contribution in [0.1, 0.15) is 43.4 Å². The molecular formula is C18H28N2O. The molecule has 2 unspecified atom stereocenters. The number of hydrogen-bond acceptors (Lipinski definition) is 3. The summed E-state index contributed by atoms with van der Waals surface area (Å²) in [4.78, 5) is 5.10. The van der Waals surface area contributed by atoms with Crippen molar-refractivity contribution in [2.24, 2.45) is 0 Å². The summed E-state index contributed by atoms with van der Waals surface area (Å²) in [7, 11) is 0. The van der Waals surface area contributed by atoms with Gasteiger partial charge in [0.05, 0.1) is 6.10 Å². The van der Waals surface area contributed by atoms with Gasteiger partial charge in [-0.15, -0.1) is 0 Å². The van der Waals surface area contributed by atoms with Gasteiger partial charge in [-0.05, 0) is 50.3 Å². The minimum Gasteiger partial charge on any atom is -0.392 e. The Bertz CT molecular complexity index is 460. The zero-order valence-corrected chi connectivity index (χ0v) is 13.2. The van der Waals surface area contributed by atoms with Gasteiger partial charge in [-0.3, -0.25) is 9.80 Å². The first-order valence-corrected chi connectivity index (χ1v) is 8.46. The van der Waals surface area contributed by atoms with Gasteiger partial charge in [-0.25, -0.2) is 0 Å². The van der Waals surface area contributed by atoms with E-state index in [0.29, 0.717) is 6.04 Å². The molecular weight excluding hydrogens is 260 g/mol. The molecule has 3 nitrogen and oxygen atoms in total. The Morgan fingerprint density at radius 3 is 2.86 bits per heavy atom. The Kier molecular flexibility index (Phi) is 4.94. The van der Waals surface area contributed by atoms with Crippen molar-refractivity contribution in [3.8, 4) is 0 Å². The number of nitrogens with zero attached hydrogens (tertiary/aromatic N) is 2. The largest absolute Gasteiger partial charge is 0.392 e. The molecule has 0 spiro atoms. The first kappa shape index (κ1) is 15.0. The molecule has 1 fully saturated rings. The van der Waals surface area contributed by atoms with Crippen molar-refractivity contribution in [3.05, 3.63) is 35.4 Å². The second kappa shape index (κ2) is 6.91. The van der Waals surface area contributed by atoms with Crippen molar-refractivity contribution in [1.82, 2.24) is 9.80 Å². The van der Waals surface area contributed by atoms with Gasteiger partial charge in [-0.2, -0.15) is 0 Å². The van der Waals surface area contributed by atoms with Gasteiger partial charge in [0.1, 0.15) is 0 Å². The van der Waals surface area contributed by atoms with Crippen LogP contribution in [0.4, 0.5) is 0 Å². The highest BCUT2D eigenvalue weighted by atomic mass is 16.3. The van der Waals surface area contributed by atoms with Gasteiger partial charge >= 0.3 is 0 Å². The molecule has 21 heavy (non-hydrogen) atoms. The Balaban J connectivity index is 1.68. The molecule has 1 aromatic rings. The van der Waals surface area contributed by atoms with Crippen LogP contribution < -0.4 is 0 Å². The van der Waals surface area contributed by atoms with Gasteiger partial charge in [0.25, 0.3) is 0 Å². The van der Waals surface area contributed by atoms with E-state index in [-0.39, 0.29) is 6.10 Å². The second-order valence-corrected chi connectivity index (χ2v) is 6.65. The van der Waals surface area contributed by atoms with Crippen molar-refractivity contribution in [3.63, 3.8) is 0 Å². The number of benzene rings is 1. The fraction of sp³-hybridized carbons (Fsp3) is 0.667.